The monoisotopic (exact) mass is 299 g/mol. The molecule has 1 aliphatic heterocycles. The summed E-state index contributed by atoms with van der Waals surface area (Å²) in [6, 6.07) is 13.6. The van der Waals surface area contributed by atoms with Crippen molar-refractivity contribution in [3.8, 4) is 0 Å². The van der Waals surface area contributed by atoms with Gasteiger partial charge in [0.2, 0.25) is 0 Å². The lowest BCUT2D eigenvalue weighted by Crippen LogP contribution is -2.37. The Labute approximate surface area is 129 Å². The van der Waals surface area contributed by atoms with Crippen molar-refractivity contribution in [3.05, 3.63) is 42.5 Å². The molecule has 0 saturated carbocycles. The highest BCUT2D eigenvalue weighted by Crippen LogP contribution is 2.24. The molecule has 1 aliphatic rings. The molecule has 3 rings (SSSR count). The molecule has 21 heavy (non-hydrogen) atoms. The van der Waals surface area contributed by atoms with E-state index in [2.05, 4.69) is 10.6 Å². The lowest BCUT2D eigenvalue weighted by molar-refractivity contribution is 0.233. The largest absolute Gasteiger partial charge is 0.355 e. The van der Waals surface area contributed by atoms with Gasteiger partial charge in [-0.3, -0.25) is 4.90 Å². The number of benzene rings is 2. The van der Waals surface area contributed by atoms with Crippen molar-refractivity contribution in [1.29, 1.82) is 0 Å². The maximum atomic E-state index is 12.4. The Balaban J connectivity index is 1.86. The molecule has 0 spiro atoms. The second kappa shape index (κ2) is 5.00. The molecule has 0 radical (unpaired) electrons. The van der Waals surface area contributed by atoms with Gasteiger partial charge in [0.1, 0.15) is 0 Å². The highest BCUT2D eigenvalue weighted by molar-refractivity contribution is 7.80. The fourth-order valence-electron chi connectivity index (χ4n) is 2.54. The summed E-state index contributed by atoms with van der Waals surface area (Å²) in [5.74, 6) is 0. The minimum absolute atomic E-state index is 0.187. The van der Waals surface area contributed by atoms with Crippen molar-refractivity contribution < 1.29 is 4.79 Å². The molecule has 0 aromatic heterocycles. The van der Waals surface area contributed by atoms with Crippen LogP contribution in [-0.2, 0) is 0 Å². The van der Waals surface area contributed by atoms with Crippen LogP contribution in [0.1, 0.15) is 13.8 Å². The Morgan fingerprint density at radius 2 is 1.95 bits per heavy atom. The molecule has 1 heterocycles. The Hall–Kier alpha value is -2.14. The number of thiocarbonyl (C=S) groups is 1. The first-order valence-electron chi connectivity index (χ1n) is 6.85. The molecular formula is C16H17N3OS. The third-order valence-corrected chi connectivity index (χ3v) is 3.84. The Morgan fingerprint density at radius 3 is 2.67 bits per heavy atom. The maximum absolute atomic E-state index is 12.4. The van der Waals surface area contributed by atoms with Gasteiger partial charge in [0.05, 0.1) is 17.8 Å². The number of amides is 2. The van der Waals surface area contributed by atoms with Crippen LogP contribution in [0.3, 0.4) is 0 Å². The number of carbonyl (C=O) groups excluding carboxylic acids is 1. The number of rotatable bonds is 1. The van der Waals surface area contributed by atoms with Crippen molar-refractivity contribution in [3.63, 3.8) is 0 Å². The normalized spacial score (nSPS) is 16.9. The van der Waals surface area contributed by atoms with Crippen LogP contribution in [0.25, 0.3) is 10.8 Å². The lowest BCUT2D eigenvalue weighted by Gasteiger charge is -2.18. The van der Waals surface area contributed by atoms with Crippen LogP contribution in [0.15, 0.2) is 42.5 Å². The Bertz CT molecular complexity index is 721. The molecule has 4 nitrogen and oxygen atoms in total. The number of nitrogens with zero attached hydrogens (tertiary/aromatic N) is 1. The van der Waals surface area contributed by atoms with Gasteiger partial charge in [-0.05, 0) is 37.5 Å². The number of fused-ring (bicyclic) bond motifs is 1. The van der Waals surface area contributed by atoms with E-state index in [9.17, 15) is 4.79 Å². The number of carbonyl (C=O) groups is 1. The van der Waals surface area contributed by atoms with Gasteiger partial charge in [0.15, 0.2) is 5.11 Å². The topological polar surface area (TPSA) is 44.4 Å². The first kappa shape index (κ1) is 13.8. The molecule has 2 aromatic carbocycles. The second-order valence-electron chi connectivity index (χ2n) is 5.86. The van der Waals surface area contributed by atoms with Crippen LogP contribution in [0, 0.1) is 0 Å². The van der Waals surface area contributed by atoms with Crippen molar-refractivity contribution in [2.24, 2.45) is 0 Å². The molecule has 2 aromatic rings. The quantitative estimate of drug-likeness (QED) is 0.794. The highest BCUT2D eigenvalue weighted by atomic mass is 32.1. The van der Waals surface area contributed by atoms with Crippen LogP contribution in [-0.4, -0.2) is 28.1 Å². The summed E-state index contributed by atoms with van der Waals surface area (Å²) in [7, 11) is 0. The van der Waals surface area contributed by atoms with Gasteiger partial charge < -0.3 is 10.6 Å². The molecule has 1 saturated heterocycles. The van der Waals surface area contributed by atoms with Gasteiger partial charge in [0, 0.05) is 5.39 Å². The van der Waals surface area contributed by atoms with Crippen molar-refractivity contribution >= 4 is 39.8 Å². The van der Waals surface area contributed by atoms with Gasteiger partial charge in [-0.25, -0.2) is 4.79 Å². The predicted octanol–water partition coefficient (Wildman–Crippen LogP) is 3.34. The van der Waals surface area contributed by atoms with Crippen molar-refractivity contribution in [2.75, 3.05) is 11.9 Å². The molecule has 2 amide bonds. The molecule has 5 heteroatoms. The molecular weight excluding hydrogens is 282 g/mol. The van der Waals surface area contributed by atoms with Gasteiger partial charge in [0.25, 0.3) is 0 Å². The van der Waals surface area contributed by atoms with Crippen LogP contribution in [0.4, 0.5) is 10.5 Å². The summed E-state index contributed by atoms with van der Waals surface area (Å²) >= 11 is 5.23. The molecule has 0 bridgehead atoms. The van der Waals surface area contributed by atoms with Gasteiger partial charge in [-0.2, -0.15) is 0 Å². The Morgan fingerprint density at radius 1 is 1.24 bits per heavy atom. The summed E-state index contributed by atoms with van der Waals surface area (Å²) in [5, 5.41) is 8.68. The third kappa shape index (κ3) is 2.69. The summed E-state index contributed by atoms with van der Waals surface area (Å²) in [6.07, 6.45) is 0. The van der Waals surface area contributed by atoms with E-state index in [1.54, 1.807) is 4.90 Å². The van der Waals surface area contributed by atoms with E-state index in [1.165, 1.54) is 0 Å². The van der Waals surface area contributed by atoms with E-state index in [0.29, 0.717) is 11.7 Å². The van der Waals surface area contributed by atoms with Gasteiger partial charge >= 0.3 is 6.03 Å². The number of urea groups is 1. The third-order valence-electron chi connectivity index (χ3n) is 3.52. The van der Waals surface area contributed by atoms with Crippen LogP contribution in [0.2, 0.25) is 0 Å². The maximum Gasteiger partial charge on any atom is 0.328 e. The summed E-state index contributed by atoms with van der Waals surface area (Å²) in [4.78, 5) is 14.0. The fraction of sp³-hybridized carbons (Fsp3) is 0.250. The SMILES string of the molecule is CC1(C)CN(C(=O)Nc2cccc3ccccc23)C(=S)N1. The number of anilines is 1. The number of nitrogens with one attached hydrogen (secondary N) is 2. The summed E-state index contributed by atoms with van der Waals surface area (Å²) in [5.41, 5.74) is 0.610. The zero-order chi connectivity index (χ0) is 15.0. The zero-order valence-electron chi connectivity index (χ0n) is 12.0. The zero-order valence-corrected chi connectivity index (χ0v) is 12.8. The minimum atomic E-state index is -0.200. The molecule has 0 atom stereocenters. The van der Waals surface area contributed by atoms with Crippen LogP contribution >= 0.6 is 12.2 Å². The predicted molar refractivity (Wildman–Crippen MR) is 89.5 cm³/mol. The van der Waals surface area contributed by atoms with Crippen molar-refractivity contribution in [1.82, 2.24) is 10.2 Å². The average Bonchev–Trinajstić information content (AvgIpc) is 2.72. The molecule has 0 unspecified atom stereocenters. The molecule has 0 aliphatic carbocycles. The van der Waals surface area contributed by atoms with Crippen LogP contribution in [0.5, 0.6) is 0 Å². The summed E-state index contributed by atoms with van der Waals surface area (Å²) in [6.45, 7) is 4.59. The van der Waals surface area contributed by atoms with E-state index in [1.807, 2.05) is 56.3 Å². The minimum Gasteiger partial charge on any atom is -0.355 e. The van der Waals surface area contributed by atoms with E-state index in [-0.39, 0.29) is 11.6 Å². The van der Waals surface area contributed by atoms with Gasteiger partial charge in [-0.1, -0.05) is 36.4 Å². The van der Waals surface area contributed by atoms with E-state index < -0.39 is 0 Å². The molecule has 1 fully saturated rings. The molecule has 108 valence electrons. The van der Waals surface area contributed by atoms with Crippen molar-refractivity contribution in [2.45, 2.75) is 19.4 Å². The Kier molecular flexibility index (Phi) is 3.29. The average molecular weight is 299 g/mol. The number of hydrogen-bond acceptors (Lipinski definition) is 2. The van der Waals surface area contributed by atoms with E-state index in [4.69, 9.17) is 12.2 Å². The number of hydrogen-bond donors (Lipinski definition) is 2. The standard InChI is InChI=1S/C16H17N3OS/c1-16(2)10-19(15(21)18-16)14(20)17-13-9-5-7-11-6-3-4-8-12(11)13/h3-9H,10H2,1-2H3,(H,17,20)(H,18,21). The van der Waals surface area contributed by atoms with Gasteiger partial charge in [-0.15, -0.1) is 0 Å². The lowest BCUT2D eigenvalue weighted by atomic mass is 10.1. The first-order valence-corrected chi connectivity index (χ1v) is 7.25. The van der Waals surface area contributed by atoms with Crippen LogP contribution < -0.4 is 10.6 Å². The summed E-state index contributed by atoms with van der Waals surface area (Å²) < 4.78 is 0. The second-order valence-corrected chi connectivity index (χ2v) is 6.24. The first-order chi connectivity index (χ1) is 9.96. The highest BCUT2D eigenvalue weighted by Gasteiger charge is 2.35. The molecule has 2 N–H and O–H groups in total. The smallest absolute Gasteiger partial charge is 0.328 e. The van der Waals surface area contributed by atoms with E-state index >= 15 is 0 Å². The van der Waals surface area contributed by atoms with E-state index in [0.717, 1.165) is 16.5 Å². The fourth-order valence-corrected chi connectivity index (χ4v) is 2.97.